The molecule has 0 bridgehead atoms. The van der Waals surface area contributed by atoms with Gasteiger partial charge in [0.1, 0.15) is 0 Å². The molecule has 31 heavy (non-hydrogen) atoms. The molecule has 1 saturated heterocycles. The Morgan fingerprint density at radius 3 is 2.61 bits per heavy atom. The first-order valence-corrected chi connectivity index (χ1v) is 10.2. The van der Waals surface area contributed by atoms with Gasteiger partial charge in [0.25, 0.3) is 5.91 Å². The van der Waals surface area contributed by atoms with Gasteiger partial charge in [-0.25, -0.2) is 9.59 Å². The molecule has 10 nitrogen and oxygen atoms in total. The van der Waals surface area contributed by atoms with Crippen LogP contribution in [0.4, 0.5) is 0 Å². The van der Waals surface area contributed by atoms with Crippen molar-refractivity contribution in [3.05, 3.63) is 33.7 Å². The van der Waals surface area contributed by atoms with E-state index in [9.17, 15) is 14.4 Å². The number of halogens is 1. The lowest BCUT2D eigenvalue weighted by molar-refractivity contribution is -0.145. The minimum atomic E-state index is -0.650. The van der Waals surface area contributed by atoms with Crippen LogP contribution in [0.15, 0.2) is 33.3 Å². The van der Waals surface area contributed by atoms with Crippen molar-refractivity contribution in [1.29, 1.82) is 0 Å². The fourth-order valence-electron chi connectivity index (χ4n) is 2.15. The highest BCUT2D eigenvalue weighted by Gasteiger charge is 2.25. The van der Waals surface area contributed by atoms with Crippen LogP contribution in [0.3, 0.4) is 0 Å². The monoisotopic (exact) mass is 469 g/mol. The Morgan fingerprint density at radius 1 is 1.19 bits per heavy atom. The second kappa shape index (κ2) is 12.0. The van der Waals surface area contributed by atoms with E-state index in [0.717, 1.165) is 17.8 Å². The SMILES string of the molecule is CCOC(=O)COc1cc(Cl)c(C=N/N=C2/NC(=O)/C(=C\C(=O)OC)S2)cc1OCC. The third-order valence-electron chi connectivity index (χ3n) is 3.46. The Balaban J connectivity index is 2.14. The van der Waals surface area contributed by atoms with E-state index in [-0.39, 0.29) is 34.1 Å². The molecule has 1 aliphatic heterocycles. The Bertz CT molecular complexity index is 947. The quantitative estimate of drug-likeness (QED) is 0.253. The summed E-state index contributed by atoms with van der Waals surface area (Å²) in [5, 5.41) is 10.8. The summed E-state index contributed by atoms with van der Waals surface area (Å²) in [6.07, 6.45) is 2.42. The number of hydrogen-bond acceptors (Lipinski definition) is 10. The number of nitrogens with zero attached hydrogens (tertiary/aromatic N) is 2. The third-order valence-corrected chi connectivity index (χ3v) is 4.69. The van der Waals surface area contributed by atoms with E-state index in [1.165, 1.54) is 19.4 Å². The molecule has 0 saturated carbocycles. The van der Waals surface area contributed by atoms with Crippen molar-refractivity contribution < 1.29 is 33.3 Å². The van der Waals surface area contributed by atoms with Crippen LogP contribution in [0.25, 0.3) is 0 Å². The van der Waals surface area contributed by atoms with E-state index < -0.39 is 17.8 Å². The summed E-state index contributed by atoms with van der Waals surface area (Å²) in [4.78, 5) is 34.7. The smallest absolute Gasteiger partial charge is 0.344 e. The molecule has 0 aliphatic carbocycles. The summed E-state index contributed by atoms with van der Waals surface area (Å²) in [5.74, 6) is -1.01. The van der Waals surface area contributed by atoms with Crippen LogP contribution in [-0.2, 0) is 23.9 Å². The standard InChI is InChI=1S/C19H20ClN3O7S/c1-4-28-13-6-11(12(20)7-14(13)30-10-17(25)29-5-2)9-21-23-19-22-18(26)15(31-19)8-16(24)27-3/h6-9H,4-5,10H2,1-3H3,(H,22,23,26)/b15-8+,21-9?. The van der Waals surface area contributed by atoms with E-state index in [4.69, 9.17) is 25.8 Å². The molecule has 1 fully saturated rings. The zero-order chi connectivity index (χ0) is 22.8. The molecule has 0 unspecified atom stereocenters. The predicted octanol–water partition coefficient (Wildman–Crippen LogP) is 2.29. The van der Waals surface area contributed by atoms with Crippen LogP contribution in [0.2, 0.25) is 5.02 Å². The lowest BCUT2D eigenvalue weighted by Crippen LogP contribution is -2.19. The maximum absolute atomic E-state index is 11.8. The summed E-state index contributed by atoms with van der Waals surface area (Å²) < 4.78 is 20.3. The number of amidine groups is 1. The second-order valence-corrected chi connectivity index (χ2v) is 7.02. The number of methoxy groups -OCH3 is 1. The number of nitrogens with one attached hydrogen (secondary N) is 1. The molecule has 0 radical (unpaired) electrons. The lowest BCUT2D eigenvalue weighted by Gasteiger charge is -2.13. The molecule has 166 valence electrons. The Morgan fingerprint density at radius 2 is 1.94 bits per heavy atom. The number of ether oxygens (including phenoxy) is 4. The van der Waals surface area contributed by atoms with Crippen LogP contribution in [0.1, 0.15) is 19.4 Å². The molecule has 1 aromatic carbocycles. The first-order valence-electron chi connectivity index (χ1n) is 9.02. The van der Waals surface area contributed by atoms with Gasteiger partial charge in [-0.05, 0) is 31.7 Å². The van der Waals surface area contributed by atoms with Crippen molar-refractivity contribution >= 4 is 52.6 Å². The van der Waals surface area contributed by atoms with Crippen LogP contribution < -0.4 is 14.8 Å². The van der Waals surface area contributed by atoms with Crippen molar-refractivity contribution in [3.8, 4) is 11.5 Å². The average Bonchev–Trinajstić information content (AvgIpc) is 3.08. The minimum absolute atomic E-state index is 0.139. The predicted molar refractivity (Wildman–Crippen MR) is 116 cm³/mol. The number of thioether (sulfide) groups is 1. The Kier molecular flexibility index (Phi) is 9.35. The van der Waals surface area contributed by atoms with Crippen molar-refractivity contribution in [1.82, 2.24) is 5.32 Å². The van der Waals surface area contributed by atoms with Gasteiger partial charge in [0, 0.05) is 17.7 Å². The van der Waals surface area contributed by atoms with Gasteiger partial charge in [0.05, 0.1) is 36.5 Å². The van der Waals surface area contributed by atoms with E-state index in [2.05, 4.69) is 20.3 Å². The molecular weight excluding hydrogens is 450 g/mol. The van der Waals surface area contributed by atoms with Gasteiger partial charge in [-0.3, -0.25) is 10.1 Å². The Labute approximate surface area is 187 Å². The third kappa shape index (κ3) is 7.30. The van der Waals surface area contributed by atoms with Gasteiger partial charge >= 0.3 is 11.9 Å². The molecule has 1 N–H and O–H groups in total. The highest BCUT2D eigenvalue weighted by molar-refractivity contribution is 8.18. The topological polar surface area (TPSA) is 125 Å². The molecule has 1 amide bonds. The van der Waals surface area contributed by atoms with Crippen LogP contribution in [0, 0.1) is 0 Å². The molecule has 2 rings (SSSR count). The first-order chi connectivity index (χ1) is 14.9. The number of hydrogen-bond donors (Lipinski definition) is 1. The molecule has 1 aliphatic rings. The summed E-state index contributed by atoms with van der Waals surface area (Å²) in [7, 11) is 1.21. The fourth-order valence-corrected chi connectivity index (χ4v) is 3.10. The molecule has 12 heteroatoms. The van der Waals surface area contributed by atoms with E-state index in [0.29, 0.717) is 17.9 Å². The van der Waals surface area contributed by atoms with Gasteiger partial charge in [0.2, 0.25) is 0 Å². The summed E-state index contributed by atoms with van der Waals surface area (Å²) >= 11 is 7.21. The molecule has 0 atom stereocenters. The number of amides is 1. The molecule has 1 heterocycles. The first kappa shape index (κ1) is 24.2. The summed E-state index contributed by atoms with van der Waals surface area (Å²) in [6.45, 7) is 3.81. The van der Waals surface area contributed by atoms with E-state index >= 15 is 0 Å². The van der Waals surface area contributed by atoms with Crippen LogP contribution >= 0.6 is 23.4 Å². The van der Waals surface area contributed by atoms with Gasteiger partial charge in [-0.1, -0.05) is 11.6 Å². The van der Waals surface area contributed by atoms with Crippen LogP contribution in [0.5, 0.6) is 11.5 Å². The normalized spacial score (nSPS) is 15.9. The largest absolute Gasteiger partial charge is 0.490 e. The highest BCUT2D eigenvalue weighted by Crippen LogP contribution is 2.33. The second-order valence-electron chi connectivity index (χ2n) is 5.58. The van der Waals surface area contributed by atoms with E-state index in [1.807, 2.05) is 0 Å². The molecule has 0 spiro atoms. The van der Waals surface area contributed by atoms with Crippen molar-refractivity contribution in [2.75, 3.05) is 26.9 Å². The van der Waals surface area contributed by atoms with E-state index in [1.54, 1.807) is 19.9 Å². The molecular formula is C19H20ClN3O7S. The summed E-state index contributed by atoms with van der Waals surface area (Å²) in [5.41, 5.74) is 0.470. The van der Waals surface area contributed by atoms with Crippen molar-refractivity contribution in [2.24, 2.45) is 10.2 Å². The number of esters is 2. The summed E-state index contributed by atoms with van der Waals surface area (Å²) in [6, 6.07) is 3.07. The Hall–Kier alpha value is -3.05. The maximum Gasteiger partial charge on any atom is 0.344 e. The maximum atomic E-state index is 11.8. The van der Waals surface area contributed by atoms with Gasteiger partial charge in [-0.2, -0.15) is 5.10 Å². The van der Waals surface area contributed by atoms with Crippen molar-refractivity contribution in [2.45, 2.75) is 13.8 Å². The van der Waals surface area contributed by atoms with Gasteiger partial charge in [-0.15, -0.1) is 5.10 Å². The zero-order valence-electron chi connectivity index (χ0n) is 17.0. The molecule has 1 aromatic rings. The van der Waals surface area contributed by atoms with Gasteiger partial charge in [0.15, 0.2) is 23.3 Å². The molecule has 0 aromatic heterocycles. The zero-order valence-corrected chi connectivity index (χ0v) is 18.5. The number of benzene rings is 1. The number of rotatable bonds is 9. The fraction of sp³-hybridized carbons (Fsp3) is 0.316. The average molecular weight is 470 g/mol. The van der Waals surface area contributed by atoms with Gasteiger partial charge < -0.3 is 18.9 Å². The number of carbonyl (C=O) groups is 3. The lowest BCUT2D eigenvalue weighted by atomic mass is 10.2. The highest BCUT2D eigenvalue weighted by atomic mass is 35.5. The number of carbonyl (C=O) groups excluding carboxylic acids is 3. The van der Waals surface area contributed by atoms with Crippen molar-refractivity contribution in [3.63, 3.8) is 0 Å². The van der Waals surface area contributed by atoms with Crippen LogP contribution in [-0.4, -0.2) is 56.2 Å². The minimum Gasteiger partial charge on any atom is -0.490 e.